The summed E-state index contributed by atoms with van der Waals surface area (Å²) in [6, 6.07) is 18.5. The van der Waals surface area contributed by atoms with E-state index in [2.05, 4.69) is 15.7 Å². The van der Waals surface area contributed by atoms with Crippen LogP contribution in [0.2, 0.25) is 0 Å². The second kappa shape index (κ2) is 6.69. The summed E-state index contributed by atoms with van der Waals surface area (Å²) < 4.78 is 2.19. The van der Waals surface area contributed by atoms with Crippen LogP contribution in [0.5, 0.6) is 0 Å². The molecule has 1 heterocycles. The van der Waals surface area contributed by atoms with Crippen molar-refractivity contribution >= 4 is 5.91 Å². The molecule has 0 spiro atoms. The van der Waals surface area contributed by atoms with Crippen LogP contribution in [-0.2, 0) is 17.9 Å². The Bertz CT molecular complexity index is 840. The Hall–Kier alpha value is -3.22. The van der Waals surface area contributed by atoms with E-state index >= 15 is 0 Å². The van der Waals surface area contributed by atoms with E-state index in [9.17, 15) is 9.59 Å². The van der Waals surface area contributed by atoms with Crippen LogP contribution in [0.4, 0.5) is 0 Å². The van der Waals surface area contributed by atoms with E-state index in [1.54, 1.807) is 24.3 Å². The van der Waals surface area contributed by atoms with Crippen molar-refractivity contribution in [3.05, 3.63) is 76.7 Å². The van der Waals surface area contributed by atoms with Gasteiger partial charge in [-0.3, -0.25) is 4.79 Å². The van der Waals surface area contributed by atoms with E-state index in [4.69, 9.17) is 0 Å². The quantitative estimate of drug-likeness (QED) is 0.754. The Morgan fingerprint density at radius 1 is 0.957 bits per heavy atom. The minimum atomic E-state index is -0.453. The van der Waals surface area contributed by atoms with Crippen molar-refractivity contribution in [1.29, 1.82) is 0 Å². The van der Waals surface area contributed by atoms with Gasteiger partial charge in [-0.1, -0.05) is 48.5 Å². The lowest BCUT2D eigenvalue weighted by atomic mass is 10.2. The van der Waals surface area contributed by atoms with Crippen molar-refractivity contribution in [2.75, 3.05) is 0 Å². The maximum absolute atomic E-state index is 12.2. The first-order valence-corrected chi connectivity index (χ1v) is 7.13. The van der Waals surface area contributed by atoms with Crippen molar-refractivity contribution in [3.63, 3.8) is 0 Å². The van der Waals surface area contributed by atoms with Crippen molar-refractivity contribution < 1.29 is 4.79 Å². The highest BCUT2D eigenvalue weighted by Gasteiger charge is 2.11. The summed E-state index contributed by atoms with van der Waals surface area (Å²) in [5.74, 6) is -0.295. The first-order chi connectivity index (χ1) is 11.2. The van der Waals surface area contributed by atoms with Gasteiger partial charge in [0.1, 0.15) is 6.54 Å². The number of rotatable bonds is 5. The molecule has 0 aliphatic heterocycles. The Kier molecular flexibility index (Phi) is 4.28. The average Bonchev–Trinajstić information content (AvgIpc) is 2.95. The number of tetrazole rings is 1. The van der Waals surface area contributed by atoms with Crippen molar-refractivity contribution in [3.8, 4) is 5.69 Å². The lowest BCUT2D eigenvalue weighted by Gasteiger charge is -2.04. The summed E-state index contributed by atoms with van der Waals surface area (Å²) in [6.07, 6.45) is 0. The predicted octanol–water partition coefficient (Wildman–Crippen LogP) is 0.745. The van der Waals surface area contributed by atoms with Gasteiger partial charge in [0.2, 0.25) is 5.91 Å². The summed E-state index contributed by atoms with van der Waals surface area (Å²) in [7, 11) is 0. The van der Waals surface area contributed by atoms with Gasteiger partial charge in [0.15, 0.2) is 0 Å². The fourth-order valence-electron chi connectivity index (χ4n) is 2.09. The van der Waals surface area contributed by atoms with E-state index in [-0.39, 0.29) is 12.5 Å². The molecule has 116 valence electrons. The van der Waals surface area contributed by atoms with E-state index in [1.807, 2.05) is 36.4 Å². The molecule has 3 rings (SSSR count). The summed E-state index contributed by atoms with van der Waals surface area (Å²) in [5.41, 5.74) is 1.14. The smallest absolute Gasteiger partial charge is 0.350 e. The normalized spacial score (nSPS) is 10.4. The zero-order chi connectivity index (χ0) is 16.1. The summed E-state index contributed by atoms with van der Waals surface area (Å²) in [5, 5.41) is 10.3. The van der Waals surface area contributed by atoms with E-state index in [0.29, 0.717) is 12.2 Å². The second-order valence-electron chi connectivity index (χ2n) is 4.93. The molecule has 23 heavy (non-hydrogen) atoms. The highest BCUT2D eigenvalue weighted by molar-refractivity contribution is 5.75. The molecule has 0 saturated heterocycles. The Balaban J connectivity index is 1.66. The highest BCUT2D eigenvalue weighted by atomic mass is 16.2. The minimum Gasteiger partial charge on any atom is -0.350 e. The molecule has 7 heteroatoms. The van der Waals surface area contributed by atoms with Gasteiger partial charge in [0, 0.05) is 6.54 Å². The van der Waals surface area contributed by atoms with Gasteiger partial charge in [-0.05, 0) is 28.1 Å². The molecule has 0 atom stereocenters. The van der Waals surface area contributed by atoms with Crippen LogP contribution in [0.25, 0.3) is 5.69 Å². The van der Waals surface area contributed by atoms with E-state index in [0.717, 1.165) is 14.9 Å². The van der Waals surface area contributed by atoms with Gasteiger partial charge in [0.25, 0.3) is 0 Å². The van der Waals surface area contributed by atoms with Crippen molar-refractivity contribution in [1.82, 2.24) is 25.1 Å². The number of hydrogen-bond donors (Lipinski definition) is 1. The molecule has 0 unspecified atom stereocenters. The molecule has 1 amide bonds. The molecule has 0 fully saturated rings. The lowest BCUT2D eigenvalue weighted by Crippen LogP contribution is -2.33. The standard InChI is InChI=1S/C16H15N5O2/c22-15(17-11-13-7-3-1-4-8-13)12-20-16(23)21(19-18-20)14-9-5-2-6-10-14/h1-10H,11-12H2,(H,17,22). The number of hydrogen-bond acceptors (Lipinski definition) is 4. The van der Waals surface area contributed by atoms with Crippen LogP contribution in [0.15, 0.2) is 65.5 Å². The van der Waals surface area contributed by atoms with Crippen LogP contribution in [0.1, 0.15) is 5.56 Å². The lowest BCUT2D eigenvalue weighted by molar-refractivity contribution is -0.122. The second-order valence-corrected chi connectivity index (χ2v) is 4.93. The number of benzene rings is 2. The van der Waals surface area contributed by atoms with Crippen molar-refractivity contribution in [2.45, 2.75) is 13.1 Å². The van der Waals surface area contributed by atoms with Crippen LogP contribution in [0, 0.1) is 0 Å². The fourth-order valence-corrected chi connectivity index (χ4v) is 2.09. The van der Waals surface area contributed by atoms with Gasteiger partial charge >= 0.3 is 5.69 Å². The number of para-hydroxylation sites is 1. The predicted molar refractivity (Wildman–Crippen MR) is 83.9 cm³/mol. The number of nitrogens with zero attached hydrogens (tertiary/aromatic N) is 4. The van der Waals surface area contributed by atoms with Gasteiger partial charge < -0.3 is 5.32 Å². The molecule has 0 aliphatic carbocycles. The highest BCUT2D eigenvalue weighted by Crippen LogP contribution is 2.00. The summed E-state index contributed by atoms with van der Waals surface area (Å²) >= 11 is 0. The molecule has 0 radical (unpaired) electrons. The van der Waals surface area contributed by atoms with Gasteiger partial charge in [-0.15, -0.1) is 0 Å². The SMILES string of the molecule is O=C(Cn1nnn(-c2ccccc2)c1=O)NCc1ccccc1. The molecule has 1 N–H and O–H groups in total. The zero-order valence-electron chi connectivity index (χ0n) is 12.3. The number of carbonyl (C=O) groups excluding carboxylic acids is 1. The molecule has 0 bridgehead atoms. The Morgan fingerprint density at radius 2 is 1.61 bits per heavy atom. The maximum atomic E-state index is 12.2. The molecule has 0 aliphatic rings. The number of amides is 1. The van der Waals surface area contributed by atoms with Crippen molar-refractivity contribution in [2.24, 2.45) is 0 Å². The summed E-state index contributed by atoms with van der Waals surface area (Å²) in [6.45, 7) is 0.236. The minimum absolute atomic E-state index is 0.168. The number of carbonyl (C=O) groups is 1. The molecule has 0 saturated carbocycles. The molecular formula is C16H15N5O2. The first kappa shape index (κ1) is 14.7. The molecular weight excluding hydrogens is 294 g/mol. The van der Waals surface area contributed by atoms with Gasteiger partial charge in [-0.25, -0.2) is 4.79 Å². The van der Waals surface area contributed by atoms with Crippen LogP contribution in [-0.4, -0.2) is 25.7 Å². The third-order valence-electron chi connectivity index (χ3n) is 3.27. The summed E-state index contributed by atoms with van der Waals surface area (Å²) in [4.78, 5) is 24.1. The molecule has 1 aromatic heterocycles. The third kappa shape index (κ3) is 3.52. The Morgan fingerprint density at radius 3 is 2.30 bits per heavy atom. The largest absolute Gasteiger partial charge is 0.368 e. The van der Waals surface area contributed by atoms with Gasteiger partial charge in [0.05, 0.1) is 5.69 Å². The fraction of sp³-hybridized carbons (Fsp3) is 0.125. The van der Waals surface area contributed by atoms with Crippen LogP contribution in [0.3, 0.4) is 0 Å². The molecule has 2 aromatic carbocycles. The molecule has 3 aromatic rings. The first-order valence-electron chi connectivity index (χ1n) is 7.13. The third-order valence-corrected chi connectivity index (χ3v) is 3.27. The zero-order valence-corrected chi connectivity index (χ0v) is 12.3. The maximum Gasteiger partial charge on any atom is 0.368 e. The monoisotopic (exact) mass is 309 g/mol. The van der Waals surface area contributed by atoms with E-state index in [1.165, 1.54) is 0 Å². The Labute approximate surface area is 132 Å². The van der Waals surface area contributed by atoms with E-state index < -0.39 is 5.69 Å². The molecule has 7 nitrogen and oxygen atoms in total. The topological polar surface area (TPSA) is 81.8 Å². The average molecular weight is 309 g/mol. The van der Waals surface area contributed by atoms with Crippen LogP contribution < -0.4 is 11.0 Å². The number of nitrogens with one attached hydrogen (secondary N) is 1. The van der Waals surface area contributed by atoms with Gasteiger partial charge in [-0.2, -0.15) is 9.36 Å². The number of aromatic nitrogens is 4. The van der Waals surface area contributed by atoms with Crippen LogP contribution >= 0.6 is 0 Å².